The van der Waals surface area contributed by atoms with Crippen LogP contribution >= 0.6 is 0 Å². The van der Waals surface area contributed by atoms with Gasteiger partial charge in [0.15, 0.2) is 0 Å². The van der Waals surface area contributed by atoms with Crippen molar-refractivity contribution in [3.63, 3.8) is 0 Å². The van der Waals surface area contributed by atoms with E-state index in [0.29, 0.717) is 0 Å². The Balaban J connectivity index is 1.71. The van der Waals surface area contributed by atoms with Gasteiger partial charge in [-0.25, -0.2) is 9.97 Å². The molecule has 0 amide bonds. The number of H-pyrrole nitrogens is 2. The third kappa shape index (κ3) is 5.18. The van der Waals surface area contributed by atoms with E-state index in [2.05, 4.69) is 19.9 Å². The normalized spacial score (nSPS) is 13.4. The van der Waals surface area contributed by atoms with Gasteiger partial charge in [0, 0.05) is 43.8 Å². The number of alkyl halides is 12. The first kappa shape index (κ1) is 35.4. The van der Waals surface area contributed by atoms with Crippen molar-refractivity contribution in [1.29, 1.82) is 0 Å². The highest BCUT2D eigenvalue weighted by Gasteiger charge is 2.46. The molecular weight excluding hydrogens is 764 g/mol. The second-order valence-electron chi connectivity index (χ2n) is 13.0. The summed E-state index contributed by atoms with van der Waals surface area (Å²) in [6.45, 7) is 0. The van der Waals surface area contributed by atoms with Crippen molar-refractivity contribution in [3.8, 4) is 45.0 Å². The van der Waals surface area contributed by atoms with Gasteiger partial charge in [-0.05, 0) is 0 Å². The lowest BCUT2D eigenvalue weighted by molar-refractivity contribution is -0.137. The topological polar surface area (TPSA) is 57.4 Å². The maximum absolute atomic E-state index is 15.5. The highest BCUT2D eigenvalue weighted by atomic mass is 19.4. The van der Waals surface area contributed by atoms with Gasteiger partial charge in [-0.15, -0.1) is 0 Å². The number of aromatic nitrogens is 4. The zero-order chi connectivity index (χ0) is 39.7. The maximum Gasteiger partial charge on any atom is 0.420 e. The Morgan fingerprint density at radius 1 is 0.304 bits per heavy atom. The molecule has 282 valence electrons. The van der Waals surface area contributed by atoms with E-state index in [4.69, 9.17) is 0 Å². The fourth-order valence-electron chi connectivity index (χ4n) is 7.74. The smallest absolute Gasteiger partial charge is 0.353 e. The average Bonchev–Trinajstić information content (AvgIpc) is 3.86. The number of fused-ring (bicyclic) bond motifs is 20. The van der Waals surface area contributed by atoms with Crippen LogP contribution in [0, 0.1) is 0 Å². The van der Waals surface area contributed by atoms with E-state index in [-0.39, 0.29) is 0 Å². The van der Waals surface area contributed by atoms with Gasteiger partial charge < -0.3 is 9.97 Å². The number of nitrogens with zero attached hydrogens (tertiary/aromatic N) is 2. The maximum atomic E-state index is 15.5. The Hall–Kier alpha value is -6.32. The fraction of sp³-hybridized carbons (Fsp3) is 0.100. The Morgan fingerprint density at radius 2 is 0.500 bits per heavy atom. The second-order valence-corrected chi connectivity index (χ2v) is 13.0. The van der Waals surface area contributed by atoms with Gasteiger partial charge in [-0.1, -0.05) is 97.1 Å². The first-order valence-corrected chi connectivity index (χ1v) is 16.5. The summed E-state index contributed by atoms with van der Waals surface area (Å²) in [7, 11) is 0. The molecule has 0 radical (unpaired) electrons. The van der Waals surface area contributed by atoms with E-state index in [0.717, 1.165) is 48.5 Å². The van der Waals surface area contributed by atoms with E-state index >= 15 is 52.7 Å². The first-order valence-electron chi connectivity index (χ1n) is 16.5. The zero-order valence-electron chi connectivity index (χ0n) is 27.7. The average molecular weight is 783 g/mol. The molecule has 16 heteroatoms. The molecule has 2 aliphatic heterocycles. The Labute approximate surface area is 305 Å². The number of nitrogens with one attached hydrogen (secondary N) is 2. The lowest BCUT2D eigenvalue weighted by Gasteiger charge is -2.11. The number of rotatable bonds is 0. The fourth-order valence-corrected chi connectivity index (χ4v) is 7.74. The Morgan fingerprint density at radius 3 is 0.696 bits per heavy atom. The minimum atomic E-state index is -5.45. The van der Waals surface area contributed by atoms with Crippen LogP contribution in [-0.4, -0.2) is 19.9 Å². The summed E-state index contributed by atoms with van der Waals surface area (Å²) < 4.78 is 186. The number of aromatic amines is 2. The van der Waals surface area contributed by atoms with Crippen LogP contribution in [0.5, 0.6) is 0 Å². The molecule has 8 bridgehead atoms. The molecule has 4 nitrogen and oxygen atoms in total. The molecule has 2 aliphatic rings. The molecule has 0 saturated carbocycles. The number of halogens is 12. The third-order valence-corrected chi connectivity index (χ3v) is 9.83. The standard InChI is InChI=1S/C40H18F12N4/c41-37(42,43)25-29-17-9-1-2-10-18(17)30(53-29)26(38(44,45)46)32-21-13-5-6-14-22(21)34(55-32)28(40(50,51)52)36-24-16-8-7-15-23(24)35(56-36)27(39(47,48)49)33-20-12-4-3-11-19(20)31(25)54-33/h1-16,53,56H. The molecule has 9 rings (SSSR count). The van der Waals surface area contributed by atoms with Crippen molar-refractivity contribution in [2.24, 2.45) is 0 Å². The monoisotopic (exact) mass is 782 g/mol. The Kier molecular flexibility index (Phi) is 7.33. The van der Waals surface area contributed by atoms with Crippen molar-refractivity contribution in [1.82, 2.24) is 19.9 Å². The number of hydrogen-bond donors (Lipinski definition) is 2. The van der Waals surface area contributed by atoms with Crippen LogP contribution < -0.4 is 0 Å². The lowest BCUT2D eigenvalue weighted by atomic mass is 9.97. The predicted octanol–water partition coefficient (Wildman–Crippen LogP) is 13.4. The predicted molar refractivity (Wildman–Crippen MR) is 185 cm³/mol. The molecule has 0 atom stereocenters. The molecule has 0 spiro atoms. The Bertz CT molecular complexity index is 2590. The van der Waals surface area contributed by atoms with Gasteiger partial charge in [0.2, 0.25) is 0 Å². The van der Waals surface area contributed by atoms with Crippen LogP contribution in [0.1, 0.15) is 22.3 Å². The molecule has 0 aliphatic carbocycles. The van der Waals surface area contributed by atoms with E-state index in [1.165, 1.54) is 48.5 Å². The molecular formula is C40H18F12N4. The quantitative estimate of drug-likeness (QED) is 0.151. The van der Waals surface area contributed by atoms with Crippen LogP contribution in [0.15, 0.2) is 97.1 Å². The van der Waals surface area contributed by atoms with Crippen LogP contribution in [0.2, 0.25) is 0 Å². The summed E-state index contributed by atoms with van der Waals surface area (Å²) in [6.07, 6.45) is -21.8. The van der Waals surface area contributed by atoms with Crippen molar-refractivity contribution in [2.45, 2.75) is 24.7 Å². The molecule has 4 aromatic carbocycles. The highest BCUT2D eigenvalue weighted by molar-refractivity contribution is 6.13. The minimum Gasteiger partial charge on any atom is -0.353 e. The van der Waals surface area contributed by atoms with Gasteiger partial charge in [0.1, 0.15) is 22.3 Å². The van der Waals surface area contributed by atoms with Crippen molar-refractivity contribution < 1.29 is 52.7 Å². The van der Waals surface area contributed by atoms with Gasteiger partial charge in [0.05, 0.1) is 44.8 Å². The van der Waals surface area contributed by atoms with Crippen LogP contribution in [0.25, 0.3) is 88.6 Å². The summed E-state index contributed by atoms with van der Waals surface area (Å²) >= 11 is 0. The van der Waals surface area contributed by atoms with Crippen LogP contribution in [0.4, 0.5) is 52.7 Å². The van der Waals surface area contributed by atoms with Gasteiger partial charge in [-0.3, -0.25) is 0 Å². The molecule has 5 heterocycles. The van der Waals surface area contributed by atoms with Gasteiger partial charge in [-0.2, -0.15) is 52.7 Å². The third-order valence-electron chi connectivity index (χ3n) is 9.83. The molecule has 7 aromatic rings. The van der Waals surface area contributed by atoms with Crippen molar-refractivity contribution in [2.75, 3.05) is 0 Å². The first-order chi connectivity index (χ1) is 26.4. The summed E-state index contributed by atoms with van der Waals surface area (Å²) in [4.78, 5) is 12.5. The minimum absolute atomic E-state index is 0.423. The number of benzene rings is 4. The van der Waals surface area contributed by atoms with Gasteiger partial charge in [0.25, 0.3) is 0 Å². The molecule has 56 heavy (non-hydrogen) atoms. The van der Waals surface area contributed by atoms with Crippen LogP contribution in [0.3, 0.4) is 0 Å². The van der Waals surface area contributed by atoms with E-state index in [1.54, 1.807) is 0 Å². The van der Waals surface area contributed by atoms with Crippen LogP contribution in [-0.2, 0) is 24.7 Å². The van der Waals surface area contributed by atoms with E-state index in [1.807, 2.05) is 0 Å². The summed E-state index contributed by atoms with van der Waals surface area (Å²) in [5, 5.41) is -1.69. The molecule has 2 N–H and O–H groups in total. The second kappa shape index (κ2) is 11.6. The molecule has 0 unspecified atom stereocenters. The largest absolute Gasteiger partial charge is 0.420 e. The highest BCUT2D eigenvalue weighted by Crippen LogP contribution is 2.53. The molecule has 3 aromatic heterocycles. The van der Waals surface area contributed by atoms with Crippen molar-refractivity contribution in [3.05, 3.63) is 119 Å². The van der Waals surface area contributed by atoms with Crippen molar-refractivity contribution >= 4 is 43.6 Å². The summed E-state index contributed by atoms with van der Waals surface area (Å²) in [5.74, 6) is 0. The van der Waals surface area contributed by atoms with E-state index in [9.17, 15) is 0 Å². The summed E-state index contributed by atoms with van der Waals surface area (Å²) in [6, 6.07) is 18.6. The SMILES string of the molecule is FC(F)(F)c1c2nc(c(C(F)(F)F)c3[nH]c(c(C(F)(F)F)c4nc(c(C(F)(F)F)c5[nH]c1c1ccccc51)-c1ccccc1-4)c1ccccc31)-c1ccccc1-2. The lowest BCUT2D eigenvalue weighted by Crippen LogP contribution is -2.10. The molecule has 0 fully saturated rings. The zero-order valence-corrected chi connectivity index (χ0v) is 27.7. The van der Waals surface area contributed by atoms with E-state index < -0.39 is 136 Å². The van der Waals surface area contributed by atoms with Gasteiger partial charge >= 0.3 is 24.7 Å². The summed E-state index contributed by atoms with van der Waals surface area (Å²) in [5.41, 5.74) is -16.6. The molecule has 0 saturated heterocycles. The number of hydrogen-bond acceptors (Lipinski definition) is 2.